The molecule has 0 aromatic heterocycles. The maximum atomic E-state index is 12.9. The Morgan fingerprint density at radius 2 is 1.76 bits per heavy atom. The van der Waals surface area contributed by atoms with E-state index >= 15 is 0 Å². The first kappa shape index (κ1) is 16.6. The van der Waals surface area contributed by atoms with Crippen molar-refractivity contribution in [2.24, 2.45) is 11.1 Å². The van der Waals surface area contributed by atoms with E-state index in [-0.39, 0.29) is 0 Å². The lowest BCUT2D eigenvalue weighted by Gasteiger charge is -2.16. The summed E-state index contributed by atoms with van der Waals surface area (Å²) in [6, 6.07) is 11.9. The number of halogens is 3. The second kappa shape index (κ2) is 6.12. The van der Waals surface area contributed by atoms with Crippen LogP contribution in [0.15, 0.2) is 52.1 Å². The van der Waals surface area contributed by atoms with Crippen LogP contribution in [-0.4, -0.2) is 23.6 Å². The van der Waals surface area contributed by atoms with Crippen molar-refractivity contribution in [2.45, 2.75) is 6.10 Å². The molecule has 0 N–H and O–H groups in total. The SMILES string of the molecule is O=C1[C@H]2C(c3cccc(Br)c3)=NO[C@H]2C(=O)N1c1cc(Cl)cc(Cl)c1. The number of oxime groups is 1. The molecule has 1 saturated heterocycles. The molecule has 4 rings (SSSR count). The number of hydrogen-bond acceptors (Lipinski definition) is 4. The number of rotatable bonds is 2. The number of benzene rings is 2. The van der Waals surface area contributed by atoms with Gasteiger partial charge in [-0.2, -0.15) is 0 Å². The number of hydrogen-bond donors (Lipinski definition) is 0. The minimum absolute atomic E-state index is 0.319. The van der Waals surface area contributed by atoms with Crippen molar-refractivity contribution in [3.05, 3.63) is 62.5 Å². The van der Waals surface area contributed by atoms with Gasteiger partial charge in [0.25, 0.3) is 5.91 Å². The summed E-state index contributed by atoms with van der Waals surface area (Å²) in [6.07, 6.45) is -0.973. The molecular weight excluding hydrogens is 431 g/mol. The van der Waals surface area contributed by atoms with Crippen LogP contribution in [0.3, 0.4) is 0 Å². The summed E-state index contributed by atoms with van der Waals surface area (Å²) in [6.45, 7) is 0. The zero-order valence-electron chi connectivity index (χ0n) is 12.4. The predicted octanol–water partition coefficient (Wildman–Crippen LogP) is 4.05. The number of carbonyl (C=O) groups excluding carboxylic acids is 2. The maximum absolute atomic E-state index is 12.9. The van der Waals surface area contributed by atoms with Crippen molar-refractivity contribution in [2.75, 3.05) is 4.90 Å². The molecule has 2 aliphatic heterocycles. The van der Waals surface area contributed by atoms with Gasteiger partial charge in [-0.25, -0.2) is 4.90 Å². The van der Waals surface area contributed by atoms with Crippen LogP contribution in [0.2, 0.25) is 10.0 Å². The Morgan fingerprint density at radius 3 is 2.44 bits per heavy atom. The normalized spacial score (nSPS) is 22.0. The van der Waals surface area contributed by atoms with Gasteiger partial charge in [-0.1, -0.05) is 56.4 Å². The second-order valence-corrected chi connectivity index (χ2v) is 7.42. The van der Waals surface area contributed by atoms with E-state index < -0.39 is 23.8 Å². The quantitative estimate of drug-likeness (QED) is 0.663. The Morgan fingerprint density at radius 1 is 1.04 bits per heavy atom. The summed E-state index contributed by atoms with van der Waals surface area (Å²) in [5.74, 6) is -1.69. The lowest BCUT2D eigenvalue weighted by Crippen LogP contribution is -2.33. The zero-order valence-corrected chi connectivity index (χ0v) is 15.5. The molecule has 1 fully saturated rings. The van der Waals surface area contributed by atoms with Crippen molar-refractivity contribution in [1.29, 1.82) is 0 Å². The molecule has 2 aliphatic rings. The van der Waals surface area contributed by atoms with Crippen LogP contribution < -0.4 is 4.90 Å². The molecular formula is C17H9BrCl2N2O3. The summed E-state index contributed by atoms with van der Waals surface area (Å²) >= 11 is 15.4. The monoisotopic (exact) mass is 438 g/mol. The van der Waals surface area contributed by atoms with Crippen LogP contribution in [0, 0.1) is 5.92 Å². The van der Waals surface area contributed by atoms with Gasteiger partial charge in [-0.15, -0.1) is 0 Å². The predicted molar refractivity (Wildman–Crippen MR) is 98.0 cm³/mol. The standard InChI is InChI=1S/C17H9BrCl2N2O3/c18-9-3-1-2-8(4-9)14-13-15(25-21-14)17(24)22(16(13)23)12-6-10(19)5-11(20)7-12/h1-7,13,15H/t13-,15+/m0/s1. The fourth-order valence-electron chi connectivity index (χ4n) is 2.99. The lowest BCUT2D eigenvalue weighted by molar-refractivity contribution is -0.126. The highest BCUT2D eigenvalue weighted by Gasteiger charge is 2.56. The fraction of sp³-hybridized carbons (Fsp3) is 0.118. The third-order valence-corrected chi connectivity index (χ3v) is 4.97. The Balaban J connectivity index is 1.73. The van der Waals surface area contributed by atoms with Crippen LogP contribution in [0.25, 0.3) is 0 Å². The van der Waals surface area contributed by atoms with E-state index in [1.54, 1.807) is 0 Å². The van der Waals surface area contributed by atoms with Crippen molar-refractivity contribution < 1.29 is 14.4 Å². The highest BCUT2D eigenvalue weighted by Crippen LogP contribution is 2.37. The maximum Gasteiger partial charge on any atom is 0.278 e. The molecule has 0 radical (unpaired) electrons. The van der Waals surface area contributed by atoms with Gasteiger partial charge in [0.05, 0.1) is 5.69 Å². The molecule has 0 unspecified atom stereocenters. The Labute approximate surface area is 161 Å². The molecule has 0 spiro atoms. The van der Waals surface area contributed by atoms with E-state index in [0.29, 0.717) is 27.0 Å². The molecule has 0 aliphatic carbocycles. The number of imide groups is 1. The van der Waals surface area contributed by atoms with Crippen molar-refractivity contribution in [1.82, 2.24) is 0 Å². The summed E-state index contributed by atoms with van der Waals surface area (Å²) in [5, 5.41) is 4.64. The molecule has 25 heavy (non-hydrogen) atoms. The van der Waals surface area contributed by atoms with Crippen LogP contribution in [-0.2, 0) is 14.4 Å². The van der Waals surface area contributed by atoms with E-state index in [0.717, 1.165) is 9.37 Å². The van der Waals surface area contributed by atoms with E-state index in [1.165, 1.54) is 18.2 Å². The zero-order chi connectivity index (χ0) is 17.7. The van der Waals surface area contributed by atoms with E-state index in [4.69, 9.17) is 28.0 Å². The topological polar surface area (TPSA) is 59.0 Å². The van der Waals surface area contributed by atoms with Gasteiger partial charge < -0.3 is 4.84 Å². The molecule has 2 aromatic rings. The Kier molecular flexibility index (Phi) is 4.06. The minimum atomic E-state index is -0.973. The van der Waals surface area contributed by atoms with Crippen molar-refractivity contribution in [3.63, 3.8) is 0 Å². The number of fused-ring (bicyclic) bond motifs is 1. The molecule has 2 amide bonds. The molecule has 0 saturated carbocycles. The first-order valence-electron chi connectivity index (χ1n) is 7.29. The van der Waals surface area contributed by atoms with Gasteiger partial charge in [0.1, 0.15) is 11.6 Å². The highest BCUT2D eigenvalue weighted by atomic mass is 79.9. The Hall–Kier alpha value is -1.89. The van der Waals surface area contributed by atoms with Gasteiger partial charge in [0.15, 0.2) is 0 Å². The summed E-state index contributed by atoms with van der Waals surface area (Å²) in [5.41, 5.74) is 1.47. The summed E-state index contributed by atoms with van der Waals surface area (Å²) in [7, 11) is 0. The van der Waals surface area contributed by atoms with Crippen LogP contribution in [0.1, 0.15) is 5.56 Å². The van der Waals surface area contributed by atoms with Gasteiger partial charge in [0.2, 0.25) is 12.0 Å². The van der Waals surface area contributed by atoms with Crippen LogP contribution in [0.4, 0.5) is 5.69 Å². The molecule has 5 nitrogen and oxygen atoms in total. The van der Waals surface area contributed by atoms with Gasteiger partial charge in [-0.05, 0) is 30.3 Å². The van der Waals surface area contributed by atoms with E-state index in [9.17, 15) is 9.59 Å². The molecule has 0 bridgehead atoms. The van der Waals surface area contributed by atoms with E-state index in [1.807, 2.05) is 24.3 Å². The van der Waals surface area contributed by atoms with Crippen molar-refractivity contribution >= 4 is 62.3 Å². The van der Waals surface area contributed by atoms with Gasteiger partial charge in [-0.3, -0.25) is 9.59 Å². The average molecular weight is 440 g/mol. The fourth-order valence-corrected chi connectivity index (χ4v) is 3.90. The molecule has 2 atom stereocenters. The molecule has 2 aromatic carbocycles. The first-order chi connectivity index (χ1) is 12.0. The van der Waals surface area contributed by atoms with E-state index in [2.05, 4.69) is 21.1 Å². The summed E-state index contributed by atoms with van der Waals surface area (Å²) < 4.78 is 0.839. The smallest absolute Gasteiger partial charge is 0.278 e. The highest BCUT2D eigenvalue weighted by molar-refractivity contribution is 9.10. The average Bonchev–Trinajstić information content (AvgIpc) is 3.07. The number of carbonyl (C=O) groups is 2. The third-order valence-electron chi connectivity index (χ3n) is 4.04. The molecule has 2 heterocycles. The van der Waals surface area contributed by atoms with Gasteiger partial charge in [0, 0.05) is 20.1 Å². The lowest BCUT2D eigenvalue weighted by atomic mass is 9.94. The van der Waals surface area contributed by atoms with Crippen LogP contribution >= 0.6 is 39.1 Å². The number of nitrogens with zero attached hydrogens (tertiary/aromatic N) is 2. The minimum Gasteiger partial charge on any atom is -0.381 e. The first-order valence-corrected chi connectivity index (χ1v) is 8.84. The van der Waals surface area contributed by atoms with Crippen LogP contribution in [0.5, 0.6) is 0 Å². The Bertz CT molecular complexity index is 927. The molecule has 126 valence electrons. The second-order valence-electron chi connectivity index (χ2n) is 5.63. The van der Waals surface area contributed by atoms with Gasteiger partial charge >= 0.3 is 0 Å². The number of anilines is 1. The third kappa shape index (κ3) is 2.74. The summed E-state index contributed by atoms with van der Waals surface area (Å²) in [4.78, 5) is 31.9. The van der Waals surface area contributed by atoms with Crippen molar-refractivity contribution in [3.8, 4) is 0 Å². The largest absolute Gasteiger partial charge is 0.381 e. The number of amides is 2. The molecule has 8 heteroatoms.